The molecule has 0 spiro atoms. The van der Waals surface area contributed by atoms with E-state index in [2.05, 4.69) is 4.98 Å². The van der Waals surface area contributed by atoms with Crippen LogP contribution >= 0.6 is 0 Å². The predicted molar refractivity (Wildman–Crippen MR) is 76.3 cm³/mol. The largest absolute Gasteiger partial charge is 0.288 e. The summed E-state index contributed by atoms with van der Waals surface area (Å²) in [6, 6.07) is 12.2. The van der Waals surface area contributed by atoms with Gasteiger partial charge in [0.25, 0.3) is 0 Å². The number of halogens is 2. The number of aromatic nitrogens is 1. The summed E-state index contributed by atoms with van der Waals surface area (Å²) in [6.07, 6.45) is 0. The Kier molecular flexibility index (Phi) is 3.22. The molecule has 0 aliphatic rings. The fourth-order valence-corrected chi connectivity index (χ4v) is 2.20. The Morgan fingerprint density at radius 2 is 1.86 bits per heavy atom. The standard InChI is InChI=1S/C17H11F2NO/c1-10-5-6-11-9-12(7-8-15(11)20-10)17(21)13-3-2-4-14(18)16(13)19/h2-9H,1H3. The molecule has 3 rings (SSSR count). The number of pyridine rings is 1. The average molecular weight is 283 g/mol. The molecule has 0 N–H and O–H groups in total. The molecule has 1 aromatic heterocycles. The van der Waals surface area contributed by atoms with E-state index in [-0.39, 0.29) is 5.56 Å². The molecule has 0 aliphatic carbocycles. The molecule has 104 valence electrons. The van der Waals surface area contributed by atoms with Crippen molar-refractivity contribution in [2.24, 2.45) is 0 Å². The molecule has 1 heterocycles. The maximum Gasteiger partial charge on any atom is 0.196 e. The normalized spacial score (nSPS) is 10.8. The molecule has 0 aliphatic heterocycles. The Morgan fingerprint density at radius 1 is 1.05 bits per heavy atom. The van der Waals surface area contributed by atoms with E-state index in [0.717, 1.165) is 22.7 Å². The highest BCUT2D eigenvalue weighted by Gasteiger charge is 2.17. The van der Waals surface area contributed by atoms with Crippen LogP contribution in [-0.2, 0) is 0 Å². The predicted octanol–water partition coefficient (Wildman–Crippen LogP) is 4.05. The first kappa shape index (κ1) is 13.4. The van der Waals surface area contributed by atoms with Gasteiger partial charge < -0.3 is 0 Å². The highest BCUT2D eigenvalue weighted by molar-refractivity contribution is 6.10. The first-order valence-electron chi connectivity index (χ1n) is 6.42. The van der Waals surface area contributed by atoms with Crippen molar-refractivity contribution < 1.29 is 13.6 Å². The van der Waals surface area contributed by atoms with E-state index in [1.165, 1.54) is 12.1 Å². The minimum atomic E-state index is -1.12. The number of hydrogen-bond acceptors (Lipinski definition) is 2. The lowest BCUT2D eigenvalue weighted by atomic mass is 10.0. The summed E-state index contributed by atoms with van der Waals surface area (Å²) in [5.41, 5.74) is 1.66. The molecule has 0 saturated carbocycles. The first-order valence-corrected chi connectivity index (χ1v) is 6.42. The van der Waals surface area contributed by atoms with E-state index in [1.54, 1.807) is 18.2 Å². The van der Waals surface area contributed by atoms with Crippen LogP contribution in [-0.4, -0.2) is 10.8 Å². The van der Waals surface area contributed by atoms with Crippen LogP contribution in [0.1, 0.15) is 21.6 Å². The Hall–Kier alpha value is -2.62. The maximum atomic E-state index is 13.7. The van der Waals surface area contributed by atoms with Crippen molar-refractivity contribution >= 4 is 16.7 Å². The van der Waals surface area contributed by atoms with Crippen LogP contribution in [0.3, 0.4) is 0 Å². The molecule has 0 saturated heterocycles. The number of hydrogen-bond donors (Lipinski definition) is 0. The van der Waals surface area contributed by atoms with Crippen molar-refractivity contribution in [2.45, 2.75) is 6.92 Å². The Balaban J connectivity index is 2.09. The van der Waals surface area contributed by atoms with Gasteiger partial charge in [-0.25, -0.2) is 8.78 Å². The molecule has 2 aromatic carbocycles. The van der Waals surface area contributed by atoms with Crippen molar-refractivity contribution in [1.82, 2.24) is 4.98 Å². The van der Waals surface area contributed by atoms with Gasteiger partial charge in [-0.2, -0.15) is 0 Å². The molecule has 0 radical (unpaired) electrons. The van der Waals surface area contributed by atoms with Crippen LogP contribution in [0.4, 0.5) is 8.78 Å². The number of aryl methyl sites for hydroxylation is 1. The minimum absolute atomic E-state index is 0.269. The highest BCUT2D eigenvalue weighted by atomic mass is 19.2. The zero-order valence-electron chi connectivity index (χ0n) is 11.2. The van der Waals surface area contributed by atoms with E-state index in [9.17, 15) is 13.6 Å². The van der Waals surface area contributed by atoms with E-state index < -0.39 is 17.4 Å². The van der Waals surface area contributed by atoms with Crippen molar-refractivity contribution in [3.63, 3.8) is 0 Å². The first-order chi connectivity index (χ1) is 10.1. The number of benzene rings is 2. The van der Waals surface area contributed by atoms with Crippen LogP contribution in [0, 0.1) is 18.6 Å². The van der Waals surface area contributed by atoms with Gasteiger partial charge in [0.2, 0.25) is 0 Å². The summed E-state index contributed by atoms with van der Waals surface area (Å²) in [7, 11) is 0. The van der Waals surface area contributed by atoms with Crippen molar-refractivity contribution in [1.29, 1.82) is 0 Å². The lowest BCUT2D eigenvalue weighted by Gasteiger charge is -2.05. The van der Waals surface area contributed by atoms with Gasteiger partial charge in [-0.05, 0) is 43.3 Å². The zero-order valence-corrected chi connectivity index (χ0v) is 11.2. The molecular formula is C17H11F2NO. The van der Waals surface area contributed by atoms with Crippen LogP contribution in [0.25, 0.3) is 10.9 Å². The number of fused-ring (bicyclic) bond motifs is 1. The summed E-state index contributed by atoms with van der Waals surface area (Å²) in [4.78, 5) is 16.6. The summed E-state index contributed by atoms with van der Waals surface area (Å²) >= 11 is 0. The van der Waals surface area contributed by atoms with E-state index >= 15 is 0 Å². The molecular weight excluding hydrogens is 272 g/mol. The lowest BCUT2D eigenvalue weighted by molar-refractivity contribution is 0.103. The van der Waals surface area contributed by atoms with Crippen molar-refractivity contribution in [3.8, 4) is 0 Å². The van der Waals surface area contributed by atoms with Crippen LogP contribution < -0.4 is 0 Å². The summed E-state index contributed by atoms with van der Waals surface area (Å²) in [6.45, 7) is 1.88. The van der Waals surface area contributed by atoms with Crippen LogP contribution in [0.15, 0.2) is 48.5 Å². The van der Waals surface area contributed by atoms with E-state index in [1.807, 2.05) is 19.1 Å². The third kappa shape index (κ3) is 2.40. The number of carbonyl (C=O) groups is 1. The Morgan fingerprint density at radius 3 is 2.67 bits per heavy atom. The SMILES string of the molecule is Cc1ccc2cc(C(=O)c3cccc(F)c3F)ccc2n1. The van der Waals surface area contributed by atoms with Crippen molar-refractivity contribution in [3.05, 3.63) is 77.0 Å². The fourth-order valence-electron chi connectivity index (χ4n) is 2.20. The Bertz CT molecular complexity index is 859. The van der Waals surface area contributed by atoms with Crippen LogP contribution in [0.2, 0.25) is 0 Å². The van der Waals surface area contributed by atoms with Gasteiger partial charge in [-0.1, -0.05) is 12.1 Å². The van der Waals surface area contributed by atoms with Crippen LogP contribution in [0.5, 0.6) is 0 Å². The maximum absolute atomic E-state index is 13.7. The van der Waals surface area contributed by atoms with Gasteiger partial charge in [0, 0.05) is 16.6 Å². The third-order valence-electron chi connectivity index (χ3n) is 3.29. The van der Waals surface area contributed by atoms with Gasteiger partial charge in [-0.15, -0.1) is 0 Å². The number of rotatable bonds is 2. The average Bonchev–Trinajstić information content (AvgIpc) is 2.49. The monoisotopic (exact) mass is 283 g/mol. The van der Waals surface area contributed by atoms with Gasteiger partial charge in [-0.3, -0.25) is 9.78 Å². The second kappa shape index (κ2) is 5.05. The third-order valence-corrected chi connectivity index (χ3v) is 3.29. The second-order valence-electron chi connectivity index (χ2n) is 4.79. The zero-order chi connectivity index (χ0) is 15.0. The molecule has 4 heteroatoms. The molecule has 0 atom stereocenters. The summed E-state index contributed by atoms with van der Waals surface area (Å²) in [5.74, 6) is -2.70. The quantitative estimate of drug-likeness (QED) is 0.664. The van der Waals surface area contributed by atoms with Gasteiger partial charge >= 0.3 is 0 Å². The highest BCUT2D eigenvalue weighted by Crippen LogP contribution is 2.20. The van der Waals surface area contributed by atoms with E-state index in [0.29, 0.717) is 5.56 Å². The van der Waals surface area contributed by atoms with Gasteiger partial charge in [0.05, 0.1) is 11.1 Å². The van der Waals surface area contributed by atoms with Gasteiger partial charge in [0.1, 0.15) is 0 Å². The number of nitrogens with zero attached hydrogens (tertiary/aromatic N) is 1. The molecule has 0 bridgehead atoms. The molecule has 0 amide bonds. The molecule has 21 heavy (non-hydrogen) atoms. The smallest absolute Gasteiger partial charge is 0.196 e. The van der Waals surface area contributed by atoms with Crippen molar-refractivity contribution in [2.75, 3.05) is 0 Å². The Labute approximate surface area is 120 Å². The topological polar surface area (TPSA) is 30.0 Å². The summed E-state index contributed by atoms with van der Waals surface area (Å²) in [5, 5.41) is 0.781. The summed E-state index contributed by atoms with van der Waals surface area (Å²) < 4.78 is 26.9. The van der Waals surface area contributed by atoms with Gasteiger partial charge in [0.15, 0.2) is 17.4 Å². The number of carbonyl (C=O) groups excluding carboxylic acids is 1. The fraction of sp³-hybridized carbons (Fsp3) is 0.0588. The second-order valence-corrected chi connectivity index (χ2v) is 4.79. The molecule has 0 fully saturated rings. The lowest BCUT2D eigenvalue weighted by Crippen LogP contribution is -2.05. The molecule has 3 aromatic rings. The van der Waals surface area contributed by atoms with E-state index in [4.69, 9.17) is 0 Å². The molecule has 0 unspecified atom stereocenters. The number of ketones is 1. The molecule has 2 nitrogen and oxygen atoms in total. The minimum Gasteiger partial charge on any atom is -0.288 e.